The fourth-order valence-corrected chi connectivity index (χ4v) is 3.62. The van der Waals surface area contributed by atoms with Gasteiger partial charge in [-0.3, -0.25) is 24.5 Å². The third-order valence-electron chi connectivity index (χ3n) is 6.19. The second-order valence-electron chi connectivity index (χ2n) is 9.85. The van der Waals surface area contributed by atoms with Gasteiger partial charge in [-0.05, 0) is 64.7 Å². The number of benzene rings is 1. The van der Waals surface area contributed by atoms with Crippen LogP contribution in [0.1, 0.15) is 37.0 Å². The molecule has 0 spiro atoms. The van der Waals surface area contributed by atoms with Crippen LogP contribution in [0.5, 0.6) is 0 Å². The van der Waals surface area contributed by atoms with Crippen molar-refractivity contribution in [2.45, 2.75) is 38.9 Å². The number of hydrogen-bond donors (Lipinski definition) is 6. The first kappa shape index (κ1) is 33.0. The highest BCUT2D eigenvalue weighted by atomic mass is 16.2. The molecule has 1 aliphatic rings. The summed E-state index contributed by atoms with van der Waals surface area (Å²) < 4.78 is 0. The Bertz CT molecular complexity index is 1150. The fourth-order valence-electron chi connectivity index (χ4n) is 3.62. The first-order chi connectivity index (χ1) is 19.5. The Morgan fingerprint density at radius 1 is 1.07 bits per heavy atom. The van der Waals surface area contributed by atoms with Crippen LogP contribution in [0.15, 0.2) is 53.2 Å². The van der Waals surface area contributed by atoms with Gasteiger partial charge in [-0.15, -0.1) is 0 Å². The van der Waals surface area contributed by atoms with E-state index in [1.807, 2.05) is 25.9 Å². The largest absolute Gasteiger partial charge is 0.366 e. The van der Waals surface area contributed by atoms with Crippen LogP contribution in [0.2, 0.25) is 0 Å². The third-order valence-corrected chi connectivity index (χ3v) is 6.19. The first-order valence-electron chi connectivity index (χ1n) is 13.6. The molecule has 7 N–H and O–H groups in total. The number of carbonyl (C=O) groups excluding carboxylic acids is 4. The normalized spacial score (nSPS) is 15.4. The zero-order valence-electron chi connectivity index (χ0n) is 24.5. The highest BCUT2D eigenvalue weighted by Crippen LogP contribution is 2.12. The van der Waals surface area contributed by atoms with Crippen LogP contribution in [0.25, 0.3) is 0 Å². The molecule has 1 heterocycles. The zero-order chi connectivity index (χ0) is 30.4. The number of nitrogens with zero attached hydrogens (tertiary/aromatic N) is 3. The van der Waals surface area contributed by atoms with Crippen molar-refractivity contribution in [2.24, 2.45) is 10.7 Å². The topological polar surface area (TPSA) is 173 Å². The van der Waals surface area contributed by atoms with Gasteiger partial charge >= 0.3 is 0 Å². The molecule has 0 saturated carbocycles. The lowest BCUT2D eigenvalue weighted by atomic mass is 10.1. The summed E-state index contributed by atoms with van der Waals surface area (Å²) in [7, 11) is 5.40. The lowest BCUT2D eigenvalue weighted by molar-refractivity contribution is -0.135. The lowest BCUT2D eigenvalue weighted by Gasteiger charge is -2.27. The highest BCUT2D eigenvalue weighted by Gasteiger charge is 2.25. The molecule has 0 aliphatic carbocycles. The Morgan fingerprint density at radius 2 is 1.76 bits per heavy atom. The molecule has 2 atom stereocenters. The van der Waals surface area contributed by atoms with Crippen molar-refractivity contribution in [2.75, 3.05) is 52.6 Å². The molecule has 1 aromatic rings. The Morgan fingerprint density at radius 3 is 2.39 bits per heavy atom. The molecular formula is C28H43N9O4. The van der Waals surface area contributed by atoms with Crippen LogP contribution < -0.4 is 32.3 Å². The molecule has 0 bridgehead atoms. The summed E-state index contributed by atoms with van der Waals surface area (Å²) in [6, 6.07) is 6.02. The van der Waals surface area contributed by atoms with Crippen molar-refractivity contribution in [3.63, 3.8) is 0 Å². The Kier molecular flexibility index (Phi) is 13.5. The smallest absolute Gasteiger partial charge is 0.252 e. The van der Waals surface area contributed by atoms with E-state index >= 15 is 0 Å². The number of aliphatic imine (C=N–C) groups is 1. The molecule has 0 radical (unpaired) electrons. The van der Waals surface area contributed by atoms with Crippen LogP contribution in [0.4, 0.5) is 5.69 Å². The molecule has 4 amide bonds. The molecule has 224 valence electrons. The number of likely N-dealkylation sites (N-methyl/N-ethyl adjacent to an activating group) is 2. The van der Waals surface area contributed by atoms with E-state index in [0.29, 0.717) is 55.4 Å². The van der Waals surface area contributed by atoms with Gasteiger partial charge in [-0.2, -0.15) is 0 Å². The molecule has 13 nitrogen and oxygen atoms in total. The highest BCUT2D eigenvalue weighted by molar-refractivity contribution is 6.01. The van der Waals surface area contributed by atoms with Crippen LogP contribution in [0.3, 0.4) is 0 Å². The SMILES string of the molecule is CCCNC1NC(Nc2ccc(C(N)=O)cc2)=NC=C1C(=O)NCCCNC(=O)[C@H](C)N(C)C(=O)/C=C/CN(C)C. The third kappa shape index (κ3) is 11.0. The number of carbonyl (C=O) groups is 4. The second-order valence-corrected chi connectivity index (χ2v) is 9.85. The number of nitrogens with one attached hydrogen (secondary N) is 5. The first-order valence-corrected chi connectivity index (χ1v) is 13.6. The summed E-state index contributed by atoms with van der Waals surface area (Å²) in [5, 5.41) is 15.3. The molecule has 0 saturated heterocycles. The summed E-state index contributed by atoms with van der Waals surface area (Å²) >= 11 is 0. The minimum Gasteiger partial charge on any atom is -0.366 e. The van der Waals surface area contributed by atoms with Gasteiger partial charge in [0.05, 0.1) is 5.57 Å². The number of rotatable bonds is 15. The van der Waals surface area contributed by atoms with E-state index < -0.39 is 18.1 Å². The molecular weight excluding hydrogens is 526 g/mol. The average molecular weight is 570 g/mol. The van der Waals surface area contributed by atoms with Crippen LogP contribution in [0, 0.1) is 0 Å². The van der Waals surface area contributed by atoms with Crippen molar-refractivity contribution < 1.29 is 19.2 Å². The molecule has 41 heavy (non-hydrogen) atoms. The Hall–Kier alpha value is -4.23. The van der Waals surface area contributed by atoms with E-state index in [9.17, 15) is 19.2 Å². The molecule has 1 aliphatic heterocycles. The van der Waals surface area contributed by atoms with Crippen molar-refractivity contribution in [3.05, 3.63) is 53.8 Å². The number of hydrogen-bond acceptors (Lipinski definition) is 9. The summed E-state index contributed by atoms with van der Waals surface area (Å²) in [4.78, 5) is 56.6. The Labute approximate surface area is 241 Å². The number of anilines is 1. The number of nitrogens with two attached hydrogens (primary N) is 1. The van der Waals surface area contributed by atoms with E-state index in [0.717, 1.165) is 6.42 Å². The van der Waals surface area contributed by atoms with Gasteiger partial charge in [0.15, 0.2) is 0 Å². The van der Waals surface area contributed by atoms with Crippen LogP contribution >= 0.6 is 0 Å². The maximum atomic E-state index is 12.9. The maximum absolute atomic E-state index is 12.9. The molecule has 0 fully saturated rings. The van der Waals surface area contributed by atoms with Gasteiger partial charge in [-0.25, -0.2) is 4.99 Å². The molecule has 1 aromatic carbocycles. The van der Waals surface area contributed by atoms with E-state index in [-0.39, 0.29) is 17.7 Å². The van der Waals surface area contributed by atoms with Gasteiger partial charge in [0, 0.05) is 50.2 Å². The van der Waals surface area contributed by atoms with Crippen LogP contribution in [-0.2, 0) is 14.4 Å². The quantitative estimate of drug-likeness (QED) is 0.126. The summed E-state index contributed by atoms with van der Waals surface area (Å²) in [5.74, 6) is -0.864. The van der Waals surface area contributed by atoms with Gasteiger partial charge < -0.3 is 36.8 Å². The predicted molar refractivity (Wildman–Crippen MR) is 160 cm³/mol. The second kappa shape index (κ2) is 16.8. The fraction of sp³-hybridized carbons (Fsp3) is 0.464. The summed E-state index contributed by atoms with van der Waals surface area (Å²) in [6.07, 6.45) is 5.62. The van der Waals surface area contributed by atoms with Crippen molar-refractivity contribution >= 4 is 35.3 Å². The minimum absolute atomic E-state index is 0.246. The number of guanidine groups is 1. The zero-order valence-corrected chi connectivity index (χ0v) is 24.5. The van der Waals surface area contributed by atoms with Crippen LogP contribution in [-0.4, -0.2) is 98.9 Å². The number of primary amides is 1. The molecule has 1 unspecified atom stereocenters. The van der Waals surface area contributed by atoms with Crippen molar-refractivity contribution in [3.8, 4) is 0 Å². The van der Waals surface area contributed by atoms with E-state index in [1.165, 1.54) is 17.2 Å². The van der Waals surface area contributed by atoms with Crippen molar-refractivity contribution in [1.82, 2.24) is 31.1 Å². The summed E-state index contributed by atoms with van der Waals surface area (Å²) in [5.41, 5.74) is 6.81. The summed E-state index contributed by atoms with van der Waals surface area (Å²) in [6.45, 7) is 5.69. The molecule has 2 rings (SSSR count). The minimum atomic E-state index is -0.633. The van der Waals surface area contributed by atoms with Gasteiger partial charge in [0.1, 0.15) is 12.2 Å². The standard InChI is InChI=1S/C28H43N9O4/c1-6-14-30-25-22(18-33-28(35-25)34-21-12-10-20(11-13-21)24(29)39)27(41)32-16-8-15-31-26(40)19(2)37(5)23(38)9-7-17-36(3)4/h7,9-13,18-19,25,30H,6,8,14-17H2,1-5H3,(H2,29,39)(H,31,40)(H,32,41)(H2,33,34,35)/b9-7+/t19-,25?/m0/s1. The van der Waals surface area contributed by atoms with E-state index in [2.05, 4.69) is 31.6 Å². The van der Waals surface area contributed by atoms with Crippen molar-refractivity contribution in [1.29, 1.82) is 0 Å². The number of amides is 4. The molecule has 0 aromatic heterocycles. The lowest BCUT2D eigenvalue weighted by Crippen LogP contribution is -2.53. The monoisotopic (exact) mass is 569 g/mol. The van der Waals surface area contributed by atoms with Gasteiger partial charge in [0.25, 0.3) is 5.91 Å². The van der Waals surface area contributed by atoms with Gasteiger partial charge in [-0.1, -0.05) is 13.0 Å². The maximum Gasteiger partial charge on any atom is 0.252 e. The van der Waals surface area contributed by atoms with E-state index in [4.69, 9.17) is 5.73 Å². The predicted octanol–water partition coefficient (Wildman–Crippen LogP) is -0.0466. The Balaban J connectivity index is 1.85. The average Bonchev–Trinajstić information content (AvgIpc) is 2.94. The molecule has 13 heteroatoms. The van der Waals surface area contributed by atoms with E-state index in [1.54, 1.807) is 44.3 Å². The van der Waals surface area contributed by atoms with Gasteiger partial charge in [0.2, 0.25) is 23.7 Å².